The third-order valence-corrected chi connectivity index (χ3v) is 8.51. The molecule has 1 amide bonds. The predicted molar refractivity (Wildman–Crippen MR) is 163 cm³/mol. The zero-order valence-corrected chi connectivity index (χ0v) is 23.7. The van der Waals surface area contributed by atoms with Gasteiger partial charge in [-0.05, 0) is 61.2 Å². The van der Waals surface area contributed by atoms with E-state index in [0.29, 0.717) is 44.5 Å². The quantitative estimate of drug-likeness (QED) is 0.287. The summed E-state index contributed by atoms with van der Waals surface area (Å²) < 4.78 is 1.61. The zero-order valence-electron chi connectivity index (χ0n) is 22.1. The summed E-state index contributed by atoms with van der Waals surface area (Å²) in [5, 5.41) is 9.25. The molecule has 3 aliphatic heterocycles. The van der Waals surface area contributed by atoms with E-state index in [2.05, 4.69) is 5.10 Å². The monoisotopic (exact) mass is 578 g/mol. The van der Waals surface area contributed by atoms with E-state index in [4.69, 9.17) is 21.6 Å². The first kappa shape index (κ1) is 25.5. The number of hydrazone groups is 1. The number of amides is 1. The smallest absolute Gasteiger partial charge is 0.266 e. The molecule has 2 unspecified atom stereocenters. The molecule has 0 saturated heterocycles. The van der Waals surface area contributed by atoms with Gasteiger partial charge in [-0.2, -0.15) is 10.1 Å². The van der Waals surface area contributed by atoms with Crippen LogP contribution in [0.25, 0.3) is 5.69 Å². The summed E-state index contributed by atoms with van der Waals surface area (Å²) in [5.74, 6) is 0.117. The number of carbonyl (C=O) groups excluding carboxylic acids is 1. The van der Waals surface area contributed by atoms with Crippen LogP contribution in [0.2, 0.25) is 5.02 Å². The second kappa shape index (κ2) is 9.87. The van der Waals surface area contributed by atoms with E-state index in [0.717, 1.165) is 11.3 Å². The van der Waals surface area contributed by atoms with E-state index in [1.54, 1.807) is 23.6 Å². The number of fused-ring (bicyclic) bond motifs is 2. The molecular formula is C31H23ClN6O2S. The molecular weight excluding hydrogens is 556 g/mol. The second-order valence-corrected chi connectivity index (χ2v) is 11.2. The van der Waals surface area contributed by atoms with E-state index in [1.165, 1.54) is 16.8 Å². The van der Waals surface area contributed by atoms with Crippen LogP contribution in [0.3, 0.4) is 0 Å². The number of aliphatic imine (C=N–C) groups is 1. The highest BCUT2D eigenvalue weighted by atomic mass is 35.5. The fraction of sp³-hybridized carbons (Fsp3) is 0.129. The Morgan fingerprint density at radius 2 is 1.51 bits per heavy atom. The third-order valence-electron chi connectivity index (χ3n) is 7.40. The first-order valence-electron chi connectivity index (χ1n) is 13.1. The highest BCUT2D eigenvalue weighted by Gasteiger charge is 2.47. The van der Waals surface area contributed by atoms with Crippen LogP contribution in [0.15, 0.2) is 111 Å². The molecule has 202 valence electrons. The predicted octanol–water partition coefficient (Wildman–Crippen LogP) is 6.21. The van der Waals surface area contributed by atoms with Gasteiger partial charge >= 0.3 is 0 Å². The zero-order chi connectivity index (χ0) is 28.2. The van der Waals surface area contributed by atoms with Crippen molar-refractivity contribution in [3.63, 3.8) is 0 Å². The SMILES string of the molecule is CC1=NN(c2ccccc2)C(=O)C1C1=CSC2=Nc3nc(C)n(-c4ccccc4)c(=O)c3C(c3ccc(Cl)cc3)N12. The Morgan fingerprint density at radius 3 is 2.20 bits per heavy atom. The summed E-state index contributed by atoms with van der Waals surface area (Å²) in [4.78, 5) is 39.8. The minimum Gasteiger partial charge on any atom is -0.311 e. The van der Waals surface area contributed by atoms with Crippen LogP contribution in [0.5, 0.6) is 0 Å². The number of rotatable bonds is 4. The van der Waals surface area contributed by atoms with Crippen molar-refractivity contribution >= 4 is 51.7 Å². The van der Waals surface area contributed by atoms with Crippen LogP contribution < -0.4 is 10.6 Å². The number of thioether (sulfide) groups is 1. The van der Waals surface area contributed by atoms with Gasteiger partial charge < -0.3 is 4.90 Å². The summed E-state index contributed by atoms with van der Waals surface area (Å²) >= 11 is 7.68. The first-order valence-corrected chi connectivity index (χ1v) is 14.3. The maximum atomic E-state index is 14.3. The second-order valence-electron chi connectivity index (χ2n) is 9.91. The number of para-hydroxylation sites is 2. The normalized spacial score (nSPS) is 19.5. The Bertz CT molecular complexity index is 1850. The van der Waals surface area contributed by atoms with E-state index < -0.39 is 12.0 Å². The van der Waals surface area contributed by atoms with Crippen LogP contribution in [0, 0.1) is 12.8 Å². The number of hydrogen-bond donors (Lipinski definition) is 0. The molecule has 2 atom stereocenters. The molecule has 0 fully saturated rings. The van der Waals surface area contributed by atoms with E-state index in [9.17, 15) is 9.59 Å². The van der Waals surface area contributed by atoms with Crippen molar-refractivity contribution in [3.8, 4) is 5.69 Å². The number of aryl methyl sites for hydroxylation is 1. The lowest BCUT2D eigenvalue weighted by molar-refractivity contribution is -0.119. The lowest BCUT2D eigenvalue weighted by atomic mass is 9.93. The molecule has 0 radical (unpaired) electrons. The van der Waals surface area contributed by atoms with E-state index in [1.807, 2.05) is 90.0 Å². The van der Waals surface area contributed by atoms with Crippen LogP contribution in [0.1, 0.15) is 29.9 Å². The lowest BCUT2D eigenvalue weighted by Gasteiger charge is -2.37. The molecule has 41 heavy (non-hydrogen) atoms. The molecule has 1 aromatic heterocycles. The molecule has 3 aromatic carbocycles. The van der Waals surface area contributed by atoms with Crippen LogP contribution >= 0.6 is 23.4 Å². The molecule has 0 spiro atoms. The minimum atomic E-state index is -0.637. The summed E-state index contributed by atoms with van der Waals surface area (Å²) in [7, 11) is 0. The van der Waals surface area contributed by atoms with E-state index >= 15 is 0 Å². The minimum absolute atomic E-state index is 0.161. The molecule has 0 N–H and O–H groups in total. The number of aromatic nitrogens is 2. The average molecular weight is 579 g/mol. The lowest BCUT2D eigenvalue weighted by Crippen LogP contribution is -2.42. The fourth-order valence-electron chi connectivity index (χ4n) is 5.56. The molecule has 8 nitrogen and oxygen atoms in total. The largest absolute Gasteiger partial charge is 0.311 e. The van der Waals surface area contributed by atoms with Gasteiger partial charge in [-0.1, -0.05) is 71.9 Å². The standard InChI is InChI=1S/C31H23ClN6O2S/c1-18-25(30(40)38(35-18)23-11-7-4-8-12-23)24-17-41-31-34-28-26(27(37(24)31)20-13-15-21(32)16-14-20)29(39)36(19(2)33-28)22-9-5-3-6-10-22/h3-17,25,27H,1-2H3. The van der Waals surface area contributed by atoms with Gasteiger partial charge in [0.05, 0.1) is 28.7 Å². The van der Waals surface area contributed by atoms with Crippen molar-refractivity contribution in [1.82, 2.24) is 14.5 Å². The number of halogens is 1. The van der Waals surface area contributed by atoms with Crippen molar-refractivity contribution in [1.29, 1.82) is 0 Å². The number of carbonyl (C=O) groups is 1. The van der Waals surface area contributed by atoms with Crippen molar-refractivity contribution in [2.45, 2.75) is 19.9 Å². The van der Waals surface area contributed by atoms with Crippen LogP contribution in [0.4, 0.5) is 11.5 Å². The highest BCUT2D eigenvalue weighted by Crippen LogP contribution is 2.48. The fourth-order valence-corrected chi connectivity index (χ4v) is 6.62. The molecule has 4 aromatic rings. The van der Waals surface area contributed by atoms with Crippen molar-refractivity contribution in [2.75, 3.05) is 5.01 Å². The van der Waals surface area contributed by atoms with Crippen molar-refractivity contribution < 1.29 is 4.79 Å². The summed E-state index contributed by atoms with van der Waals surface area (Å²) in [6.45, 7) is 3.66. The Morgan fingerprint density at radius 1 is 0.854 bits per heavy atom. The number of hydrogen-bond acceptors (Lipinski definition) is 7. The van der Waals surface area contributed by atoms with Gasteiger partial charge in [0, 0.05) is 10.7 Å². The number of nitrogens with zero attached hydrogens (tertiary/aromatic N) is 6. The van der Waals surface area contributed by atoms with Gasteiger partial charge in [-0.15, -0.1) is 0 Å². The maximum absolute atomic E-state index is 14.3. The van der Waals surface area contributed by atoms with Crippen molar-refractivity contribution in [3.05, 3.63) is 128 Å². The number of benzene rings is 3. The number of anilines is 1. The molecule has 4 heterocycles. The summed E-state index contributed by atoms with van der Waals surface area (Å²) in [5.41, 5.74) is 3.84. The molecule has 0 bridgehead atoms. The molecule has 0 aliphatic carbocycles. The number of amidine groups is 1. The maximum Gasteiger partial charge on any atom is 0.266 e. The molecule has 10 heteroatoms. The van der Waals surface area contributed by atoms with Crippen molar-refractivity contribution in [2.24, 2.45) is 16.0 Å². The van der Waals surface area contributed by atoms with Gasteiger partial charge in [-0.3, -0.25) is 14.2 Å². The molecule has 3 aliphatic rings. The topological polar surface area (TPSA) is 83.2 Å². The average Bonchev–Trinajstić information content (AvgIpc) is 3.52. The molecule has 7 rings (SSSR count). The summed E-state index contributed by atoms with van der Waals surface area (Å²) in [6.07, 6.45) is 0. The Labute approximate surface area is 245 Å². The van der Waals surface area contributed by atoms with Gasteiger partial charge in [0.2, 0.25) is 0 Å². The van der Waals surface area contributed by atoms with Crippen LogP contribution in [-0.2, 0) is 4.79 Å². The van der Waals surface area contributed by atoms with E-state index in [-0.39, 0.29) is 11.5 Å². The Hall–Kier alpha value is -4.47. The van der Waals surface area contributed by atoms with Gasteiger partial charge in [0.1, 0.15) is 11.7 Å². The Kier molecular flexibility index (Phi) is 6.13. The van der Waals surface area contributed by atoms with Gasteiger partial charge in [0.15, 0.2) is 11.0 Å². The van der Waals surface area contributed by atoms with Gasteiger partial charge in [0.25, 0.3) is 11.5 Å². The third kappa shape index (κ3) is 4.11. The van der Waals surface area contributed by atoms with Crippen LogP contribution in [-0.4, -0.2) is 31.2 Å². The summed E-state index contributed by atoms with van der Waals surface area (Å²) in [6, 6.07) is 25.6. The first-order chi connectivity index (χ1) is 19.9. The molecule has 0 saturated carbocycles. The van der Waals surface area contributed by atoms with Gasteiger partial charge in [-0.25, -0.2) is 9.98 Å². The highest BCUT2D eigenvalue weighted by molar-refractivity contribution is 8.16. The Balaban J connectivity index is 1.39.